The Bertz CT molecular complexity index is 1210. The number of likely N-dealkylation sites (tertiary alicyclic amines) is 2. The summed E-state index contributed by atoms with van der Waals surface area (Å²) in [6.07, 6.45) is 7.24. The van der Waals surface area contributed by atoms with E-state index in [4.69, 9.17) is 21.5 Å². The van der Waals surface area contributed by atoms with Gasteiger partial charge in [-0.1, -0.05) is 36.4 Å². The van der Waals surface area contributed by atoms with Gasteiger partial charge in [0.15, 0.2) is 0 Å². The maximum atomic E-state index is 6.39. The zero-order chi connectivity index (χ0) is 27.2. The summed E-state index contributed by atoms with van der Waals surface area (Å²) in [4.78, 5) is 16.7. The van der Waals surface area contributed by atoms with E-state index in [1.807, 2.05) is 0 Å². The van der Waals surface area contributed by atoms with Crippen molar-refractivity contribution in [3.05, 3.63) is 71.8 Å². The Kier molecular flexibility index (Phi) is 9.12. The monoisotopic (exact) mass is 542 g/mol. The molecule has 2 unspecified atom stereocenters. The normalized spacial score (nSPS) is 21.2. The van der Waals surface area contributed by atoms with E-state index in [-0.39, 0.29) is 0 Å². The third kappa shape index (κ3) is 6.96. The van der Waals surface area contributed by atoms with Crippen LogP contribution >= 0.6 is 11.3 Å². The van der Waals surface area contributed by atoms with Crippen LogP contribution in [0.1, 0.15) is 49.7 Å². The molecule has 2 saturated heterocycles. The number of thiophene rings is 1. The highest BCUT2D eigenvalue weighted by Crippen LogP contribution is 2.35. The molecule has 0 aliphatic carbocycles. The van der Waals surface area contributed by atoms with Gasteiger partial charge in [0.05, 0.1) is 0 Å². The Balaban J connectivity index is 1.24. The summed E-state index contributed by atoms with van der Waals surface area (Å²) < 4.78 is 0. The van der Waals surface area contributed by atoms with E-state index in [0.29, 0.717) is 23.8 Å². The number of amidine groups is 2. The highest BCUT2D eigenvalue weighted by molar-refractivity contribution is 7.18. The summed E-state index contributed by atoms with van der Waals surface area (Å²) in [7, 11) is 4.42. The molecule has 2 atom stereocenters. The largest absolute Gasteiger partial charge is 0.384 e. The second kappa shape index (κ2) is 12.9. The number of hydrogen-bond donors (Lipinski definition) is 2. The van der Waals surface area contributed by atoms with Crippen LogP contribution in [0, 0.1) is 0 Å². The molecule has 1 aromatic heterocycles. The summed E-state index contributed by atoms with van der Waals surface area (Å²) in [5.41, 5.74) is 17.1. The number of nitrogens with zero attached hydrogens (tertiary/aromatic N) is 4. The van der Waals surface area contributed by atoms with Gasteiger partial charge in [-0.3, -0.25) is 9.98 Å². The van der Waals surface area contributed by atoms with E-state index in [1.165, 1.54) is 48.5 Å². The number of nitrogens with two attached hydrogens (primary N) is 2. The topological polar surface area (TPSA) is 83.2 Å². The lowest BCUT2D eigenvalue weighted by molar-refractivity contribution is 0.299. The van der Waals surface area contributed by atoms with E-state index < -0.39 is 0 Å². The van der Waals surface area contributed by atoms with Crippen molar-refractivity contribution in [3.63, 3.8) is 0 Å². The standard InChI is InChI=1S/C32H42N6S/c1-37-19-5-11-27(37)15-17-35-31(33)25-9-3-7-23(21-25)29-13-14-30(39-29)24-8-4-10-26(22-24)32(34)36-18-16-28-12-6-20-38(28)2/h3-4,7-10,13-14,21-22,27-28H,5-6,11-12,15-20H2,1-2H3,(H2,33,35)(H2,34,36). The highest BCUT2D eigenvalue weighted by atomic mass is 32.1. The van der Waals surface area contributed by atoms with Gasteiger partial charge in [0.2, 0.25) is 0 Å². The Morgan fingerprint density at radius 2 is 1.21 bits per heavy atom. The molecule has 3 aromatic rings. The molecular weight excluding hydrogens is 500 g/mol. The zero-order valence-corrected chi connectivity index (χ0v) is 24.2. The van der Waals surface area contributed by atoms with Gasteiger partial charge in [-0.25, -0.2) is 0 Å². The average molecular weight is 543 g/mol. The van der Waals surface area contributed by atoms with Crippen LogP contribution in [0.2, 0.25) is 0 Å². The van der Waals surface area contributed by atoms with Gasteiger partial charge in [0.25, 0.3) is 0 Å². The molecule has 0 radical (unpaired) electrons. The quantitative estimate of drug-likeness (QED) is 0.263. The summed E-state index contributed by atoms with van der Waals surface area (Å²) in [5, 5.41) is 0. The van der Waals surface area contributed by atoms with Crippen LogP contribution in [0.3, 0.4) is 0 Å². The van der Waals surface area contributed by atoms with Gasteiger partial charge in [0, 0.05) is 46.1 Å². The van der Waals surface area contributed by atoms with E-state index in [1.54, 1.807) is 11.3 Å². The minimum Gasteiger partial charge on any atom is -0.384 e. The maximum Gasteiger partial charge on any atom is 0.125 e. The molecule has 0 amide bonds. The van der Waals surface area contributed by atoms with Crippen molar-refractivity contribution >= 4 is 23.0 Å². The summed E-state index contributed by atoms with van der Waals surface area (Å²) in [6.45, 7) is 3.93. The van der Waals surface area contributed by atoms with Crippen molar-refractivity contribution in [2.45, 2.75) is 50.6 Å². The van der Waals surface area contributed by atoms with Gasteiger partial charge in [-0.2, -0.15) is 0 Å². The van der Waals surface area contributed by atoms with Crippen molar-refractivity contribution in [3.8, 4) is 20.9 Å². The minimum atomic E-state index is 0.622. The van der Waals surface area contributed by atoms with Gasteiger partial charge in [-0.05, 0) is 101 Å². The Labute approximate surface area is 237 Å². The second-order valence-electron chi connectivity index (χ2n) is 11.0. The van der Waals surface area contributed by atoms with E-state index in [9.17, 15) is 0 Å². The first-order valence-corrected chi connectivity index (χ1v) is 15.1. The summed E-state index contributed by atoms with van der Waals surface area (Å²) >= 11 is 1.78. The number of benzene rings is 2. The predicted octanol–water partition coefficient (Wildman–Crippen LogP) is 5.46. The fourth-order valence-electron chi connectivity index (χ4n) is 5.85. The Morgan fingerprint density at radius 3 is 1.62 bits per heavy atom. The molecule has 0 bridgehead atoms. The van der Waals surface area contributed by atoms with Crippen molar-refractivity contribution in [1.82, 2.24) is 9.80 Å². The van der Waals surface area contributed by atoms with Crippen molar-refractivity contribution in [2.24, 2.45) is 21.5 Å². The van der Waals surface area contributed by atoms with Crippen LogP contribution in [0.15, 0.2) is 70.6 Å². The van der Waals surface area contributed by atoms with Gasteiger partial charge >= 0.3 is 0 Å². The number of rotatable bonds is 10. The molecule has 2 aromatic carbocycles. The first-order chi connectivity index (χ1) is 19.0. The molecule has 2 fully saturated rings. The molecule has 206 valence electrons. The molecule has 7 heteroatoms. The number of aliphatic imine (C=N–C) groups is 2. The molecule has 2 aliphatic heterocycles. The van der Waals surface area contributed by atoms with Crippen molar-refractivity contribution < 1.29 is 0 Å². The van der Waals surface area contributed by atoms with Gasteiger partial charge < -0.3 is 21.3 Å². The third-order valence-corrected chi connectivity index (χ3v) is 9.51. The molecule has 0 spiro atoms. The van der Waals surface area contributed by atoms with Crippen LogP contribution in [-0.2, 0) is 0 Å². The zero-order valence-electron chi connectivity index (χ0n) is 23.4. The molecular formula is C32H42N6S. The second-order valence-corrected chi connectivity index (χ2v) is 12.1. The fraction of sp³-hybridized carbons (Fsp3) is 0.438. The van der Waals surface area contributed by atoms with Crippen LogP contribution in [0.4, 0.5) is 0 Å². The first-order valence-electron chi connectivity index (χ1n) is 14.3. The Morgan fingerprint density at radius 1 is 0.744 bits per heavy atom. The minimum absolute atomic E-state index is 0.622. The lowest BCUT2D eigenvalue weighted by atomic mass is 10.1. The molecule has 39 heavy (non-hydrogen) atoms. The van der Waals surface area contributed by atoms with Crippen molar-refractivity contribution in [2.75, 3.05) is 40.3 Å². The predicted molar refractivity (Wildman–Crippen MR) is 167 cm³/mol. The molecule has 2 aliphatic rings. The number of hydrogen-bond acceptors (Lipinski definition) is 5. The maximum absolute atomic E-state index is 6.39. The highest BCUT2D eigenvalue weighted by Gasteiger charge is 2.21. The van der Waals surface area contributed by atoms with Crippen LogP contribution < -0.4 is 11.5 Å². The summed E-state index contributed by atoms with van der Waals surface area (Å²) in [5.74, 6) is 1.24. The van der Waals surface area contributed by atoms with Crippen LogP contribution in [0.25, 0.3) is 20.9 Å². The molecule has 5 rings (SSSR count). The summed E-state index contributed by atoms with van der Waals surface area (Å²) in [6, 6.07) is 22.5. The molecule has 4 N–H and O–H groups in total. The van der Waals surface area contributed by atoms with Crippen molar-refractivity contribution in [1.29, 1.82) is 0 Å². The van der Waals surface area contributed by atoms with Gasteiger partial charge in [0.1, 0.15) is 11.7 Å². The fourth-order valence-corrected chi connectivity index (χ4v) is 6.85. The Hall–Kier alpha value is -3.00. The van der Waals surface area contributed by atoms with Crippen LogP contribution in [0.5, 0.6) is 0 Å². The third-order valence-electron chi connectivity index (χ3n) is 8.32. The first kappa shape index (κ1) is 27.6. The van der Waals surface area contributed by atoms with Gasteiger partial charge in [-0.15, -0.1) is 11.3 Å². The van der Waals surface area contributed by atoms with Crippen LogP contribution in [-0.4, -0.2) is 73.8 Å². The molecule has 3 heterocycles. The van der Waals surface area contributed by atoms with E-state index in [2.05, 4.69) is 84.6 Å². The smallest absolute Gasteiger partial charge is 0.125 e. The van der Waals surface area contributed by atoms with E-state index in [0.717, 1.165) is 48.2 Å². The molecule has 6 nitrogen and oxygen atoms in total. The SMILES string of the molecule is CN1CCCC1CCN=C(N)c1cccc(-c2ccc(-c3cccc(C(N)=NCCC4CCCN4C)c3)s2)c1. The van der Waals surface area contributed by atoms with E-state index >= 15 is 0 Å². The lowest BCUT2D eigenvalue weighted by Gasteiger charge is -2.18. The average Bonchev–Trinajstić information content (AvgIpc) is 3.71. The lowest BCUT2D eigenvalue weighted by Crippen LogP contribution is -2.25. The molecule has 0 saturated carbocycles.